The zero-order chi connectivity index (χ0) is 12.2. The van der Waals surface area contributed by atoms with Crippen LogP contribution >= 0.6 is 0 Å². The van der Waals surface area contributed by atoms with E-state index in [2.05, 4.69) is 11.5 Å². The first kappa shape index (κ1) is 14.2. The van der Waals surface area contributed by atoms with Gasteiger partial charge < -0.3 is 5.11 Å². The lowest BCUT2D eigenvalue weighted by Gasteiger charge is -2.39. The van der Waals surface area contributed by atoms with E-state index in [1.165, 1.54) is 0 Å². The molecule has 0 aliphatic carbocycles. The van der Waals surface area contributed by atoms with Gasteiger partial charge in [0.05, 0.1) is 0 Å². The van der Waals surface area contributed by atoms with Crippen molar-refractivity contribution in [3.63, 3.8) is 0 Å². The molecule has 1 unspecified atom stereocenters. The van der Waals surface area contributed by atoms with Crippen molar-refractivity contribution in [2.24, 2.45) is 5.41 Å². The summed E-state index contributed by atoms with van der Waals surface area (Å²) in [5, 5.41) is 9.03. The molecule has 0 aromatic heterocycles. The van der Waals surface area contributed by atoms with Crippen LogP contribution in [0.3, 0.4) is 0 Å². The molecule has 0 fully saturated rings. The molecule has 0 aliphatic rings. The molecule has 0 spiro atoms. The fourth-order valence-electron chi connectivity index (χ4n) is 2.00. The van der Waals surface area contributed by atoms with Gasteiger partial charge in [-0.2, -0.15) is 0 Å². The van der Waals surface area contributed by atoms with Crippen molar-refractivity contribution in [3.8, 4) is 0 Å². The molecule has 0 aliphatic heterocycles. The summed E-state index contributed by atoms with van der Waals surface area (Å²) in [4.78, 5) is 13.1. The van der Waals surface area contributed by atoms with E-state index in [4.69, 9.17) is 5.11 Å². The summed E-state index contributed by atoms with van der Waals surface area (Å²) in [7, 11) is 0. The zero-order valence-corrected chi connectivity index (χ0v) is 10.5. The minimum absolute atomic E-state index is 0.106. The SMILES string of the molecule is C=C(C(=O)O)C(N(CC)CC)C(C)(C)C. The van der Waals surface area contributed by atoms with E-state index in [1.54, 1.807) is 0 Å². The van der Waals surface area contributed by atoms with Crippen LogP contribution in [0, 0.1) is 5.41 Å². The van der Waals surface area contributed by atoms with E-state index >= 15 is 0 Å². The molecule has 0 aromatic rings. The molecule has 15 heavy (non-hydrogen) atoms. The van der Waals surface area contributed by atoms with E-state index in [1.807, 2.05) is 34.6 Å². The molecule has 1 N–H and O–H groups in total. The maximum Gasteiger partial charge on any atom is 0.332 e. The topological polar surface area (TPSA) is 40.5 Å². The van der Waals surface area contributed by atoms with Gasteiger partial charge >= 0.3 is 5.97 Å². The smallest absolute Gasteiger partial charge is 0.332 e. The van der Waals surface area contributed by atoms with Crippen molar-refractivity contribution in [2.75, 3.05) is 13.1 Å². The number of likely N-dealkylation sites (N-methyl/N-ethyl adjacent to an activating group) is 1. The minimum atomic E-state index is -0.901. The Morgan fingerprint density at radius 2 is 1.73 bits per heavy atom. The number of carbonyl (C=O) groups is 1. The van der Waals surface area contributed by atoms with Crippen LogP contribution in [0.2, 0.25) is 0 Å². The Balaban J connectivity index is 5.05. The number of aliphatic carboxylic acids is 1. The summed E-state index contributed by atoms with van der Waals surface area (Å²) in [6, 6.07) is -0.106. The van der Waals surface area contributed by atoms with E-state index in [0.717, 1.165) is 13.1 Å². The predicted octanol–water partition coefficient (Wildman–Crippen LogP) is 2.38. The maximum absolute atomic E-state index is 11.0. The van der Waals surface area contributed by atoms with Crippen LogP contribution in [-0.4, -0.2) is 35.1 Å². The van der Waals surface area contributed by atoms with Gasteiger partial charge in [0.2, 0.25) is 0 Å². The monoisotopic (exact) mass is 213 g/mol. The molecule has 0 rings (SSSR count). The number of rotatable bonds is 5. The summed E-state index contributed by atoms with van der Waals surface area (Å²) in [6.07, 6.45) is 0. The second-order valence-corrected chi connectivity index (χ2v) is 4.82. The van der Waals surface area contributed by atoms with Crippen LogP contribution in [0.4, 0.5) is 0 Å². The van der Waals surface area contributed by atoms with Crippen molar-refractivity contribution in [3.05, 3.63) is 12.2 Å². The van der Waals surface area contributed by atoms with Crippen molar-refractivity contribution >= 4 is 5.97 Å². The predicted molar refractivity (Wildman–Crippen MR) is 62.9 cm³/mol. The molecule has 0 radical (unpaired) electrons. The molecule has 0 amide bonds. The third kappa shape index (κ3) is 3.67. The van der Waals surface area contributed by atoms with Crippen LogP contribution in [0.5, 0.6) is 0 Å². The molecular weight excluding hydrogens is 190 g/mol. The van der Waals surface area contributed by atoms with Gasteiger partial charge in [0.25, 0.3) is 0 Å². The molecule has 0 bridgehead atoms. The highest BCUT2D eigenvalue weighted by Gasteiger charge is 2.33. The molecule has 0 heterocycles. The maximum atomic E-state index is 11.0. The standard InChI is InChI=1S/C12H23NO2/c1-7-13(8-2)10(12(4,5)6)9(3)11(14)15/h10H,3,7-8H2,1-2,4-6H3,(H,14,15). The second kappa shape index (κ2) is 5.31. The molecule has 3 nitrogen and oxygen atoms in total. The Hall–Kier alpha value is -0.830. The van der Waals surface area contributed by atoms with Crippen LogP contribution in [-0.2, 0) is 4.79 Å². The van der Waals surface area contributed by atoms with E-state index < -0.39 is 5.97 Å². The summed E-state index contributed by atoms with van der Waals surface area (Å²) >= 11 is 0. The average molecular weight is 213 g/mol. The van der Waals surface area contributed by atoms with Gasteiger partial charge in [0.15, 0.2) is 0 Å². The molecule has 0 saturated carbocycles. The Labute approximate surface area is 92.8 Å². The lowest BCUT2D eigenvalue weighted by atomic mass is 9.81. The van der Waals surface area contributed by atoms with Gasteiger partial charge in [0, 0.05) is 11.6 Å². The highest BCUT2D eigenvalue weighted by molar-refractivity contribution is 5.87. The van der Waals surface area contributed by atoms with Gasteiger partial charge in [-0.1, -0.05) is 41.2 Å². The Morgan fingerprint density at radius 1 is 1.33 bits per heavy atom. The van der Waals surface area contributed by atoms with Gasteiger partial charge in [-0.25, -0.2) is 4.79 Å². The molecule has 0 aromatic carbocycles. The fraction of sp³-hybridized carbons (Fsp3) is 0.750. The molecule has 3 heteroatoms. The third-order valence-corrected chi connectivity index (χ3v) is 2.60. The fourth-order valence-corrected chi connectivity index (χ4v) is 2.00. The van der Waals surface area contributed by atoms with E-state index in [9.17, 15) is 4.79 Å². The van der Waals surface area contributed by atoms with Crippen molar-refractivity contribution < 1.29 is 9.90 Å². The third-order valence-electron chi connectivity index (χ3n) is 2.60. The van der Waals surface area contributed by atoms with E-state index in [0.29, 0.717) is 0 Å². The Morgan fingerprint density at radius 3 is 1.93 bits per heavy atom. The molecule has 88 valence electrons. The van der Waals surface area contributed by atoms with Gasteiger partial charge in [-0.05, 0) is 18.5 Å². The highest BCUT2D eigenvalue weighted by Crippen LogP contribution is 2.29. The van der Waals surface area contributed by atoms with Crippen LogP contribution in [0.25, 0.3) is 0 Å². The normalized spacial score (nSPS) is 14.0. The largest absolute Gasteiger partial charge is 0.478 e. The van der Waals surface area contributed by atoms with Gasteiger partial charge in [-0.3, -0.25) is 4.90 Å². The average Bonchev–Trinajstić information content (AvgIpc) is 2.10. The Kier molecular flexibility index (Phi) is 5.01. The van der Waals surface area contributed by atoms with Gasteiger partial charge in [0.1, 0.15) is 0 Å². The summed E-state index contributed by atoms with van der Waals surface area (Å²) < 4.78 is 0. The zero-order valence-electron chi connectivity index (χ0n) is 10.5. The Bertz CT molecular complexity index is 236. The van der Waals surface area contributed by atoms with E-state index in [-0.39, 0.29) is 17.0 Å². The summed E-state index contributed by atoms with van der Waals surface area (Å²) in [5.74, 6) is -0.901. The second-order valence-electron chi connectivity index (χ2n) is 4.82. The van der Waals surface area contributed by atoms with Gasteiger partial charge in [-0.15, -0.1) is 0 Å². The van der Waals surface area contributed by atoms with Crippen LogP contribution < -0.4 is 0 Å². The minimum Gasteiger partial charge on any atom is -0.478 e. The molecule has 0 saturated heterocycles. The molecular formula is C12H23NO2. The first-order chi connectivity index (χ1) is 6.75. The number of hydrogen-bond donors (Lipinski definition) is 1. The number of carboxylic acid groups (broad SMARTS) is 1. The summed E-state index contributed by atoms with van der Waals surface area (Å²) in [6.45, 7) is 15.6. The van der Waals surface area contributed by atoms with Crippen molar-refractivity contribution in [2.45, 2.75) is 40.7 Å². The van der Waals surface area contributed by atoms with Crippen LogP contribution in [0.1, 0.15) is 34.6 Å². The van der Waals surface area contributed by atoms with Crippen LogP contribution in [0.15, 0.2) is 12.2 Å². The first-order valence-electron chi connectivity index (χ1n) is 5.41. The number of hydrogen-bond acceptors (Lipinski definition) is 2. The van der Waals surface area contributed by atoms with Crippen molar-refractivity contribution in [1.82, 2.24) is 4.90 Å². The lowest BCUT2D eigenvalue weighted by molar-refractivity contribution is -0.134. The quantitative estimate of drug-likeness (QED) is 0.713. The number of carboxylic acids is 1. The highest BCUT2D eigenvalue weighted by atomic mass is 16.4. The lowest BCUT2D eigenvalue weighted by Crippen LogP contribution is -2.46. The first-order valence-corrected chi connectivity index (χ1v) is 5.41. The van der Waals surface area contributed by atoms with Crippen molar-refractivity contribution in [1.29, 1.82) is 0 Å². The number of nitrogens with zero attached hydrogens (tertiary/aromatic N) is 1. The summed E-state index contributed by atoms with van der Waals surface area (Å²) in [5.41, 5.74) is 0.174. The molecule has 1 atom stereocenters.